The molecule has 3 nitrogen and oxygen atoms in total. The minimum absolute atomic E-state index is 0.441. The van der Waals surface area contributed by atoms with Crippen LogP contribution in [0.25, 0.3) is 0 Å². The van der Waals surface area contributed by atoms with Crippen LogP contribution < -0.4 is 4.90 Å². The molecular formula is C14H19Cl2NO2. The average molecular weight is 304 g/mol. The lowest BCUT2D eigenvalue weighted by molar-refractivity contribution is -0.138. The molecule has 0 aromatic heterocycles. The van der Waals surface area contributed by atoms with Gasteiger partial charge in [-0.05, 0) is 24.1 Å². The van der Waals surface area contributed by atoms with Gasteiger partial charge in [-0.25, -0.2) is 0 Å². The molecule has 0 saturated heterocycles. The van der Waals surface area contributed by atoms with Crippen LogP contribution in [0.15, 0.2) is 24.3 Å². The fourth-order valence-electron chi connectivity index (χ4n) is 2.04. The van der Waals surface area contributed by atoms with Crippen molar-refractivity contribution in [2.45, 2.75) is 19.3 Å². The van der Waals surface area contributed by atoms with Crippen LogP contribution in [-0.4, -0.2) is 35.9 Å². The Kier molecular flexibility index (Phi) is 7.03. The van der Waals surface area contributed by atoms with E-state index in [2.05, 4.69) is 4.90 Å². The highest BCUT2D eigenvalue weighted by atomic mass is 35.5. The molecule has 1 aromatic rings. The number of carbonyl (C=O) groups is 1. The lowest BCUT2D eigenvalue weighted by Gasteiger charge is -2.23. The van der Waals surface area contributed by atoms with Crippen LogP contribution in [0.4, 0.5) is 5.69 Å². The zero-order chi connectivity index (χ0) is 14.3. The number of benzene rings is 1. The van der Waals surface area contributed by atoms with Gasteiger partial charge in [0.05, 0.1) is 5.92 Å². The largest absolute Gasteiger partial charge is 0.481 e. The first-order chi connectivity index (χ1) is 9.13. The van der Waals surface area contributed by atoms with Gasteiger partial charge in [0.1, 0.15) is 0 Å². The summed E-state index contributed by atoms with van der Waals surface area (Å²) in [6, 6.07) is 7.60. The monoisotopic (exact) mass is 303 g/mol. The Bertz CT molecular complexity index is 389. The van der Waals surface area contributed by atoms with E-state index in [1.165, 1.54) is 0 Å². The van der Waals surface area contributed by atoms with E-state index in [1.807, 2.05) is 31.2 Å². The minimum atomic E-state index is -0.784. The second-order valence-electron chi connectivity index (χ2n) is 4.26. The number of anilines is 1. The van der Waals surface area contributed by atoms with Crippen LogP contribution in [0.5, 0.6) is 0 Å². The minimum Gasteiger partial charge on any atom is -0.481 e. The number of rotatable bonds is 8. The van der Waals surface area contributed by atoms with E-state index in [9.17, 15) is 4.79 Å². The fourth-order valence-corrected chi connectivity index (χ4v) is 2.45. The number of alkyl halides is 2. The van der Waals surface area contributed by atoms with Gasteiger partial charge in [0.25, 0.3) is 0 Å². The number of aliphatic carboxylic acids is 1. The summed E-state index contributed by atoms with van der Waals surface area (Å²) in [4.78, 5) is 13.2. The van der Waals surface area contributed by atoms with Crippen molar-refractivity contribution in [2.24, 2.45) is 0 Å². The first-order valence-corrected chi connectivity index (χ1v) is 7.40. The van der Waals surface area contributed by atoms with Crippen molar-refractivity contribution in [3.63, 3.8) is 0 Å². The fraction of sp³-hybridized carbons (Fsp3) is 0.500. The van der Waals surface area contributed by atoms with E-state index < -0.39 is 11.9 Å². The van der Waals surface area contributed by atoms with Crippen molar-refractivity contribution < 1.29 is 9.90 Å². The van der Waals surface area contributed by atoms with Crippen molar-refractivity contribution in [3.05, 3.63) is 29.8 Å². The van der Waals surface area contributed by atoms with Crippen molar-refractivity contribution >= 4 is 34.9 Å². The highest BCUT2D eigenvalue weighted by Gasteiger charge is 2.17. The molecule has 19 heavy (non-hydrogen) atoms. The smallest absolute Gasteiger partial charge is 0.310 e. The summed E-state index contributed by atoms with van der Waals surface area (Å²) in [5, 5.41) is 9.13. The van der Waals surface area contributed by atoms with E-state index in [0.29, 0.717) is 18.2 Å². The normalized spacial score (nSPS) is 12.2. The van der Waals surface area contributed by atoms with Gasteiger partial charge in [-0.2, -0.15) is 0 Å². The molecule has 0 amide bonds. The Labute approximate surface area is 124 Å². The number of carboxylic acids is 1. The zero-order valence-electron chi connectivity index (χ0n) is 11.0. The SMILES string of the molecule is CC[C@H](C(=O)O)c1ccc(N(CCCl)CCCl)cc1. The lowest BCUT2D eigenvalue weighted by atomic mass is 9.96. The highest BCUT2D eigenvalue weighted by molar-refractivity contribution is 6.18. The zero-order valence-corrected chi connectivity index (χ0v) is 12.5. The summed E-state index contributed by atoms with van der Waals surface area (Å²) in [6.07, 6.45) is 0.585. The molecule has 0 radical (unpaired) electrons. The molecule has 1 aromatic carbocycles. The van der Waals surface area contributed by atoms with Crippen LogP contribution in [-0.2, 0) is 4.79 Å². The predicted octanol–water partition coefficient (Wildman–Crippen LogP) is 3.55. The molecule has 0 aliphatic heterocycles. The summed E-state index contributed by atoms with van der Waals surface area (Å²) in [7, 11) is 0. The number of nitrogens with zero attached hydrogens (tertiary/aromatic N) is 1. The second kappa shape index (κ2) is 8.28. The molecule has 0 aliphatic rings. The summed E-state index contributed by atoms with van der Waals surface area (Å²) < 4.78 is 0. The van der Waals surface area contributed by atoms with Crippen LogP contribution in [0.3, 0.4) is 0 Å². The Hall–Kier alpha value is -0.930. The van der Waals surface area contributed by atoms with E-state index in [0.717, 1.165) is 24.3 Å². The molecule has 0 bridgehead atoms. The Morgan fingerprint density at radius 3 is 2.11 bits per heavy atom. The van der Waals surface area contributed by atoms with Gasteiger partial charge in [-0.15, -0.1) is 23.2 Å². The number of hydrogen-bond donors (Lipinski definition) is 1. The third kappa shape index (κ3) is 4.59. The second-order valence-corrected chi connectivity index (χ2v) is 5.01. The Morgan fingerprint density at radius 2 is 1.74 bits per heavy atom. The third-order valence-electron chi connectivity index (χ3n) is 3.08. The first-order valence-electron chi connectivity index (χ1n) is 6.33. The van der Waals surface area contributed by atoms with Crippen molar-refractivity contribution in [2.75, 3.05) is 29.7 Å². The molecule has 0 spiro atoms. The maximum absolute atomic E-state index is 11.1. The first kappa shape index (κ1) is 16.1. The molecule has 1 rings (SSSR count). The van der Waals surface area contributed by atoms with Gasteiger partial charge in [-0.1, -0.05) is 19.1 Å². The molecule has 106 valence electrons. The standard InChI is InChI=1S/C14H19Cl2NO2/c1-2-13(14(18)19)11-3-5-12(6-4-11)17(9-7-15)10-8-16/h3-6,13H,2,7-10H2,1H3,(H,18,19)/t13-/m0/s1. The Morgan fingerprint density at radius 1 is 1.21 bits per heavy atom. The van der Waals surface area contributed by atoms with Gasteiger partial charge in [0.15, 0.2) is 0 Å². The number of carboxylic acid groups (broad SMARTS) is 1. The summed E-state index contributed by atoms with van der Waals surface area (Å²) in [6.45, 7) is 3.33. The topological polar surface area (TPSA) is 40.5 Å². The quantitative estimate of drug-likeness (QED) is 0.747. The molecule has 0 saturated carbocycles. The lowest BCUT2D eigenvalue weighted by Crippen LogP contribution is -2.27. The van der Waals surface area contributed by atoms with E-state index in [4.69, 9.17) is 28.3 Å². The molecule has 1 N–H and O–H groups in total. The molecule has 1 atom stereocenters. The predicted molar refractivity (Wildman–Crippen MR) is 80.8 cm³/mol. The number of hydrogen-bond acceptors (Lipinski definition) is 2. The molecule has 0 aliphatic carbocycles. The molecular weight excluding hydrogens is 285 g/mol. The third-order valence-corrected chi connectivity index (χ3v) is 3.41. The molecule has 0 heterocycles. The van der Waals surface area contributed by atoms with Crippen LogP contribution in [0.1, 0.15) is 24.8 Å². The van der Waals surface area contributed by atoms with Crippen molar-refractivity contribution in [3.8, 4) is 0 Å². The van der Waals surface area contributed by atoms with E-state index in [-0.39, 0.29) is 0 Å². The highest BCUT2D eigenvalue weighted by Crippen LogP contribution is 2.23. The maximum atomic E-state index is 11.1. The Balaban J connectivity index is 2.87. The van der Waals surface area contributed by atoms with Gasteiger partial charge in [-0.3, -0.25) is 4.79 Å². The number of halogens is 2. The molecule has 5 heteroatoms. The molecule has 0 fully saturated rings. The van der Waals surface area contributed by atoms with Crippen LogP contribution >= 0.6 is 23.2 Å². The van der Waals surface area contributed by atoms with Gasteiger partial charge >= 0.3 is 5.97 Å². The average Bonchev–Trinajstić information content (AvgIpc) is 2.40. The molecule has 0 unspecified atom stereocenters. The van der Waals surface area contributed by atoms with Gasteiger partial charge < -0.3 is 10.0 Å². The van der Waals surface area contributed by atoms with Crippen LogP contribution in [0.2, 0.25) is 0 Å². The summed E-state index contributed by atoms with van der Waals surface area (Å²) >= 11 is 11.5. The summed E-state index contributed by atoms with van der Waals surface area (Å²) in [5.41, 5.74) is 1.85. The van der Waals surface area contributed by atoms with E-state index in [1.54, 1.807) is 0 Å². The van der Waals surface area contributed by atoms with Gasteiger partial charge in [0, 0.05) is 30.5 Å². The van der Waals surface area contributed by atoms with Crippen LogP contribution in [0, 0.1) is 0 Å². The maximum Gasteiger partial charge on any atom is 0.310 e. The van der Waals surface area contributed by atoms with Crippen molar-refractivity contribution in [1.29, 1.82) is 0 Å². The van der Waals surface area contributed by atoms with E-state index >= 15 is 0 Å². The van der Waals surface area contributed by atoms with Gasteiger partial charge in [0.2, 0.25) is 0 Å². The summed E-state index contributed by atoms with van der Waals surface area (Å²) in [5.74, 6) is -0.159. The van der Waals surface area contributed by atoms with Crippen molar-refractivity contribution in [1.82, 2.24) is 0 Å².